The summed E-state index contributed by atoms with van der Waals surface area (Å²) >= 11 is 2.25. The maximum atomic E-state index is 5.48. The van der Waals surface area contributed by atoms with Crippen LogP contribution in [0.4, 0.5) is 0 Å². The van der Waals surface area contributed by atoms with E-state index in [-0.39, 0.29) is 0 Å². The van der Waals surface area contributed by atoms with Gasteiger partial charge in [0.15, 0.2) is 6.61 Å². The van der Waals surface area contributed by atoms with Gasteiger partial charge in [-0.05, 0) is 52.1 Å². The van der Waals surface area contributed by atoms with Gasteiger partial charge in [-0.1, -0.05) is 0 Å². The van der Waals surface area contributed by atoms with E-state index in [1.54, 1.807) is 7.05 Å². The van der Waals surface area contributed by atoms with Crippen LogP contribution in [0.3, 0.4) is 0 Å². The Morgan fingerprint density at radius 1 is 1.33 bits per heavy atom. The molecule has 5 nitrogen and oxygen atoms in total. The monoisotopic (exact) mass is 316 g/mol. The number of tetrazole rings is 1. The molecule has 78 valence electrons. The fraction of sp³-hybridized carbons (Fsp3) is 0.222. The molecule has 0 radical (unpaired) electrons. The van der Waals surface area contributed by atoms with Crippen LogP contribution < -0.4 is 4.74 Å². The van der Waals surface area contributed by atoms with Crippen molar-refractivity contribution in [1.29, 1.82) is 0 Å². The Kier molecular flexibility index (Phi) is 3.14. The molecular weight excluding hydrogens is 307 g/mol. The van der Waals surface area contributed by atoms with E-state index < -0.39 is 0 Å². The van der Waals surface area contributed by atoms with Gasteiger partial charge >= 0.3 is 0 Å². The van der Waals surface area contributed by atoms with Crippen LogP contribution in [0.2, 0.25) is 0 Å². The predicted molar refractivity (Wildman–Crippen MR) is 62.3 cm³/mol. The van der Waals surface area contributed by atoms with Crippen molar-refractivity contribution in [3.05, 3.63) is 33.7 Å². The van der Waals surface area contributed by atoms with E-state index in [0.29, 0.717) is 12.4 Å². The van der Waals surface area contributed by atoms with Gasteiger partial charge < -0.3 is 4.74 Å². The first kappa shape index (κ1) is 10.3. The topological polar surface area (TPSA) is 52.8 Å². The molecule has 6 heteroatoms. The summed E-state index contributed by atoms with van der Waals surface area (Å²) in [6.07, 6.45) is 0. The molecule has 0 aliphatic heterocycles. The van der Waals surface area contributed by atoms with Gasteiger partial charge in [-0.3, -0.25) is 0 Å². The molecule has 0 unspecified atom stereocenters. The molecule has 0 aliphatic carbocycles. The van der Waals surface area contributed by atoms with Gasteiger partial charge in [-0.25, -0.2) is 0 Å². The molecule has 1 heterocycles. The molecule has 2 rings (SSSR count). The second kappa shape index (κ2) is 4.56. The average molecular weight is 316 g/mol. The van der Waals surface area contributed by atoms with Crippen molar-refractivity contribution in [2.75, 3.05) is 0 Å². The van der Waals surface area contributed by atoms with Crippen LogP contribution in [-0.4, -0.2) is 20.2 Å². The van der Waals surface area contributed by atoms with Gasteiger partial charge in [0.25, 0.3) is 0 Å². The number of halogens is 1. The van der Waals surface area contributed by atoms with Gasteiger partial charge in [-0.2, -0.15) is 4.80 Å². The fourth-order valence-electron chi connectivity index (χ4n) is 1.06. The molecule has 0 atom stereocenters. The van der Waals surface area contributed by atoms with E-state index in [9.17, 15) is 0 Å². The first-order valence-corrected chi connectivity index (χ1v) is 5.43. The van der Waals surface area contributed by atoms with E-state index in [0.717, 1.165) is 5.75 Å². The second-order valence-electron chi connectivity index (χ2n) is 2.94. The number of aryl methyl sites for hydroxylation is 1. The quantitative estimate of drug-likeness (QED) is 0.803. The van der Waals surface area contributed by atoms with Crippen molar-refractivity contribution in [2.45, 2.75) is 6.61 Å². The van der Waals surface area contributed by atoms with Gasteiger partial charge in [0, 0.05) is 3.57 Å². The Morgan fingerprint density at radius 2 is 2.07 bits per heavy atom. The average Bonchev–Trinajstić information content (AvgIpc) is 2.64. The highest BCUT2D eigenvalue weighted by molar-refractivity contribution is 14.1. The lowest BCUT2D eigenvalue weighted by atomic mass is 10.3. The minimum atomic E-state index is 0.342. The summed E-state index contributed by atoms with van der Waals surface area (Å²) in [5, 5.41) is 11.6. The lowest BCUT2D eigenvalue weighted by Gasteiger charge is -2.02. The highest BCUT2D eigenvalue weighted by Gasteiger charge is 2.01. The molecular formula is C9H9IN4O. The number of benzene rings is 1. The molecule has 0 N–H and O–H groups in total. The Hall–Kier alpha value is -1.18. The first-order chi connectivity index (χ1) is 7.24. The highest BCUT2D eigenvalue weighted by Crippen LogP contribution is 2.14. The second-order valence-corrected chi connectivity index (χ2v) is 4.18. The van der Waals surface area contributed by atoms with Crippen LogP contribution in [0.5, 0.6) is 5.75 Å². The maximum Gasteiger partial charge on any atom is 0.212 e. The van der Waals surface area contributed by atoms with Crippen molar-refractivity contribution in [1.82, 2.24) is 20.2 Å². The maximum absolute atomic E-state index is 5.48. The highest BCUT2D eigenvalue weighted by atomic mass is 127. The smallest absolute Gasteiger partial charge is 0.212 e. The molecule has 0 fully saturated rings. The number of rotatable bonds is 3. The lowest BCUT2D eigenvalue weighted by molar-refractivity contribution is 0.295. The van der Waals surface area contributed by atoms with Crippen LogP contribution in [0.1, 0.15) is 5.82 Å². The molecule has 15 heavy (non-hydrogen) atoms. The van der Waals surface area contributed by atoms with Gasteiger partial charge in [0.05, 0.1) is 7.05 Å². The zero-order valence-corrected chi connectivity index (χ0v) is 10.2. The van der Waals surface area contributed by atoms with Crippen LogP contribution in [0, 0.1) is 3.57 Å². The minimum Gasteiger partial charge on any atom is -0.485 e. The van der Waals surface area contributed by atoms with Crippen LogP contribution in [-0.2, 0) is 13.7 Å². The molecule has 0 amide bonds. The summed E-state index contributed by atoms with van der Waals surface area (Å²) in [6.45, 7) is 0.342. The molecule has 0 bridgehead atoms. The van der Waals surface area contributed by atoms with E-state index in [2.05, 4.69) is 38.0 Å². The summed E-state index contributed by atoms with van der Waals surface area (Å²) in [5.74, 6) is 1.39. The Morgan fingerprint density at radius 3 is 2.67 bits per heavy atom. The number of ether oxygens (including phenoxy) is 1. The Labute approximate surface area is 101 Å². The zero-order valence-electron chi connectivity index (χ0n) is 8.09. The molecule has 1 aromatic carbocycles. The summed E-state index contributed by atoms with van der Waals surface area (Å²) < 4.78 is 6.66. The van der Waals surface area contributed by atoms with Crippen molar-refractivity contribution < 1.29 is 4.74 Å². The van der Waals surface area contributed by atoms with Crippen LogP contribution >= 0.6 is 22.6 Å². The zero-order chi connectivity index (χ0) is 10.7. The predicted octanol–water partition coefficient (Wildman–Crippen LogP) is 1.39. The number of aromatic nitrogens is 4. The van der Waals surface area contributed by atoms with E-state index >= 15 is 0 Å². The summed E-state index contributed by atoms with van der Waals surface area (Å²) in [4.78, 5) is 1.41. The summed E-state index contributed by atoms with van der Waals surface area (Å²) in [7, 11) is 1.72. The molecule has 0 saturated heterocycles. The molecule has 0 spiro atoms. The Balaban J connectivity index is 1.96. The van der Waals surface area contributed by atoms with E-state index in [1.165, 1.54) is 8.37 Å². The van der Waals surface area contributed by atoms with E-state index in [1.807, 2.05) is 24.3 Å². The van der Waals surface area contributed by atoms with Gasteiger partial charge in [-0.15, -0.1) is 10.2 Å². The summed E-state index contributed by atoms with van der Waals surface area (Å²) in [5.41, 5.74) is 0. The van der Waals surface area contributed by atoms with Crippen LogP contribution in [0.15, 0.2) is 24.3 Å². The summed E-state index contributed by atoms with van der Waals surface area (Å²) in [6, 6.07) is 7.80. The fourth-order valence-corrected chi connectivity index (χ4v) is 1.42. The molecule has 1 aromatic heterocycles. The normalized spacial score (nSPS) is 10.3. The van der Waals surface area contributed by atoms with Crippen molar-refractivity contribution >= 4 is 22.6 Å². The third kappa shape index (κ3) is 2.88. The molecule has 2 aromatic rings. The number of hydrogen-bond donors (Lipinski definition) is 0. The first-order valence-electron chi connectivity index (χ1n) is 4.35. The van der Waals surface area contributed by atoms with Gasteiger partial charge in [0.1, 0.15) is 5.75 Å². The third-order valence-corrected chi connectivity index (χ3v) is 2.45. The van der Waals surface area contributed by atoms with Crippen molar-refractivity contribution in [3.8, 4) is 5.75 Å². The van der Waals surface area contributed by atoms with Crippen molar-refractivity contribution in [3.63, 3.8) is 0 Å². The minimum absolute atomic E-state index is 0.342. The Bertz CT molecular complexity index is 440. The van der Waals surface area contributed by atoms with Crippen LogP contribution in [0.25, 0.3) is 0 Å². The standard InChI is InChI=1S/C9H9IN4O/c1-14-12-9(11-13-14)6-15-8-4-2-7(10)3-5-8/h2-5H,6H2,1H3. The number of hydrogen-bond acceptors (Lipinski definition) is 4. The molecule has 0 aliphatic rings. The third-order valence-electron chi connectivity index (χ3n) is 1.73. The SMILES string of the molecule is Cn1nnc(COc2ccc(I)cc2)n1. The van der Waals surface area contributed by atoms with E-state index in [4.69, 9.17) is 4.74 Å². The lowest BCUT2D eigenvalue weighted by Crippen LogP contribution is -1.99. The van der Waals surface area contributed by atoms with Gasteiger partial charge in [0.2, 0.25) is 5.82 Å². The largest absolute Gasteiger partial charge is 0.485 e. The molecule has 0 saturated carbocycles. The van der Waals surface area contributed by atoms with Crippen molar-refractivity contribution in [2.24, 2.45) is 7.05 Å². The number of nitrogens with zero attached hydrogens (tertiary/aromatic N) is 4.